The maximum absolute atomic E-state index is 12.8. The van der Waals surface area contributed by atoms with E-state index in [-0.39, 0.29) is 30.7 Å². The van der Waals surface area contributed by atoms with Gasteiger partial charge < -0.3 is 9.84 Å². The number of carboxylic acids is 1. The summed E-state index contributed by atoms with van der Waals surface area (Å²) in [6, 6.07) is 14.2. The first-order valence-corrected chi connectivity index (χ1v) is 11.0. The van der Waals surface area contributed by atoms with Crippen molar-refractivity contribution in [2.75, 3.05) is 6.61 Å². The van der Waals surface area contributed by atoms with Crippen molar-refractivity contribution in [1.82, 2.24) is 15.0 Å². The van der Waals surface area contributed by atoms with Crippen LogP contribution in [-0.4, -0.2) is 38.5 Å². The van der Waals surface area contributed by atoms with Crippen LogP contribution in [-0.2, 0) is 11.3 Å². The molecule has 2 heterocycles. The Bertz CT molecular complexity index is 1360. The highest BCUT2D eigenvalue weighted by Crippen LogP contribution is 2.31. The third-order valence-electron chi connectivity index (χ3n) is 5.18. The minimum Gasteiger partial charge on any atom is -0.494 e. The van der Waals surface area contributed by atoms with E-state index in [2.05, 4.69) is 10.3 Å². The second kappa shape index (κ2) is 9.27. The van der Waals surface area contributed by atoms with E-state index in [1.54, 1.807) is 30.3 Å². The summed E-state index contributed by atoms with van der Waals surface area (Å²) in [6.07, 6.45) is -0.0659. The Balaban J connectivity index is 1.48. The smallest absolute Gasteiger partial charge is 0.307 e. The number of carbonyl (C=O) groups is 2. The van der Waals surface area contributed by atoms with Crippen molar-refractivity contribution in [3.63, 3.8) is 0 Å². The van der Waals surface area contributed by atoms with E-state index in [0.717, 1.165) is 20.5 Å². The lowest BCUT2D eigenvalue weighted by Crippen LogP contribution is -2.27. The lowest BCUT2D eigenvalue weighted by molar-refractivity contribution is -0.142. The van der Waals surface area contributed by atoms with E-state index in [0.29, 0.717) is 22.4 Å². The van der Waals surface area contributed by atoms with Crippen LogP contribution in [0.5, 0.6) is 5.75 Å². The highest BCUT2D eigenvalue weighted by molar-refractivity contribution is 7.20. The number of Topliss-reactive ketones (excluding diaryl/α,β-unsaturated/α-hetero) is 1. The SMILES string of the molecule is CCOc1ccc2cc(C(=O)CC(CCn3nnc4ccccc4c3=O)C(=O)O)sc2c1. The molecule has 8 nitrogen and oxygen atoms in total. The number of aryl methyl sites for hydroxylation is 1. The first kappa shape index (κ1) is 21.6. The summed E-state index contributed by atoms with van der Waals surface area (Å²) in [5, 5.41) is 18.9. The van der Waals surface area contributed by atoms with Crippen LogP contribution in [0.3, 0.4) is 0 Å². The summed E-state index contributed by atoms with van der Waals surface area (Å²) in [4.78, 5) is 37.7. The predicted octanol–water partition coefficient (Wildman–Crippen LogP) is 3.77. The van der Waals surface area contributed by atoms with Gasteiger partial charge in [0.05, 0.1) is 22.8 Å². The van der Waals surface area contributed by atoms with E-state index in [1.165, 1.54) is 11.3 Å². The van der Waals surface area contributed by atoms with Gasteiger partial charge in [0, 0.05) is 17.7 Å². The summed E-state index contributed by atoms with van der Waals surface area (Å²) in [6.45, 7) is 2.51. The van der Waals surface area contributed by atoms with E-state index in [1.807, 2.05) is 25.1 Å². The molecular weight excluding hydrogens is 430 g/mol. The molecule has 0 aliphatic carbocycles. The Hall–Kier alpha value is -3.59. The number of hydrogen-bond donors (Lipinski definition) is 1. The Morgan fingerprint density at radius 2 is 2.00 bits per heavy atom. The van der Waals surface area contributed by atoms with Crippen molar-refractivity contribution in [3.8, 4) is 5.75 Å². The number of hydrogen-bond acceptors (Lipinski definition) is 7. The lowest BCUT2D eigenvalue weighted by atomic mass is 9.98. The molecule has 0 spiro atoms. The van der Waals surface area contributed by atoms with Crippen LogP contribution in [0.15, 0.2) is 53.3 Å². The number of ether oxygens (including phenoxy) is 1. The molecule has 0 aliphatic rings. The fourth-order valence-electron chi connectivity index (χ4n) is 3.49. The second-order valence-electron chi connectivity index (χ2n) is 7.33. The molecule has 4 aromatic rings. The third-order valence-corrected chi connectivity index (χ3v) is 6.32. The number of ketones is 1. The largest absolute Gasteiger partial charge is 0.494 e. The maximum atomic E-state index is 12.8. The number of aliphatic carboxylic acids is 1. The first-order chi connectivity index (χ1) is 15.5. The summed E-state index contributed by atoms with van der Waals surface area (Å²) in [5.74, 6) is -1.54. The van der Waals surface area contributed by atoms with Crippen LogP contribution in [0.1, 0.15) is 29.4 Å². The number of fused-ring (bicyclic) bond motifs is 2. The molecule has 4 rings (SSSR count). The topological polar surface area (TPSA) is 111 Å². The zero-order valence-electron chi connectivity index (χ0n) is 17.4. The molecule has 1 atom stereocenters. The molecule has 0 fully saturated rings. The molecule has 0 saturated heterocycles. The van der Waals surface area contributed by atoms with Gasteiger partial charge in [-0.1, -0.05) is 17.3 Å². The fraction of sp³-hybridized carbons (Fsp3) is 0.261. The van der Waals surface area contributed by atoms with Gasteiger partial charge in [-0.05, 0) is 55.1 Å². The van der Waals surface area contributed by atoms with E-state index in [4.69, 9.17) is 4.74 Å². The molecule has 0 aliphatic heterocycles. The van der Waals surface area contributed by atoms with Crippen LogP contribution in [0, 0.1) is 5.92 Å². The minimum absolute atomic E-state index is 0.0606. The number of benzene rings is 2. The summed E-state index contributed by atoms with van der Waals surface area (Å²) < 4.78 is 7.55. The summed E-state index contributed by atoms with van der Waals surface area (Å²) in [5.41, 5.74) is 0.150. The van der Waals surface area contributed by atoms with Gasteiger partial charge >= 0.3 is 5.97 Å². The Labute approximate surface area is 187 Å². The quantitative estimate of drug-likeness (QED) is 0.386. The van der Waals surface area contributed by atoms with Gasteiger partial charge in [0.2, 0.25) is 0 Å². The monoisotopic (exact) mass is 451 g/mol. The Morgan fingerprint density at radius 3 is 2.78 bits per heavy atom. The molecule has 1 unspecified atom stereocenters. The lowest BCUT2D eigenvalue weighted by Gasteiger charge is -2.11. The zero-order chi connectivity index (χ0) is 22.7. The van der Waals surface area contributed by atoms with Gasteiger partial charge in [-0.15, -0.1) is 16.4 Å². The molecule has 0 amide bonds. The number of thiophene rings is 1. The molecular formula is C23H21N3O5S. The van der Waals surface area contributed by atoms with Crippen LogP contribution in [0.25, 0.3) is 21.0 Å². The highest BCUT2D eigenvalue weighted by atomic mass is 32.1. The van der Waals surface area contributed by atoms with Crippen molar-refractivity contribution in [1.29, 1.82) is 0 Å². The summed E-state index contributed by atoms with van der Waals surface area (Å²) in [7, 11) is 0. The molecule has 32 heavy (non-hydrogen) atoms. The zero-order valence-corrected chi connectivity index (χ0v) is 18.2. The molecule has 2 aromatic heterocycles. The Morgan fingerprint density at radius 1 is 1.19 bits per heavy atom. The molecule has 0 radical (unpaired) electrons. The molecule has 1 N–H and O–H groups in total. The number of nitrogens with zero attached hydrogens (tertiary/aromatic N) is 3. The molecule has 164 valence electrons. The fourth-order valence-corrected chi connectivity index (χ4v) is 4.53. The van der Waals surface area contributed by atoms with Crippen LogP contribution in [0.4, 0.5) is 0 Å². The van der Waals surface area contributed by atoms with Crippen molar-refractivity contribution in [2.24, 2.45) is 5.92 Å². The molecule has 0 saturated carbocycles. The van der Waals surface area contributed by atoms with Crippen molar-refractivity contribution < 1.29 is 19.4 Å². The van der Waals surface area contributed by atoms with E-state index >= 15 is 0 Å². The normalized spacial score (nSPS) is 12.2. The Kier molecular flexibility index (Phi) is 6.27. The minimum atomic E-state index is -1.08. The third kappa shape index (κ3) is 4.52. The number of rotatable bonds is 9. The van der Waals surface area contributed by atoms with Gasteiger partial charge in [0.1, 0.15) is 11.3 Å². The van der Waals surface area contributed by atoms with Gasteiger partial charge in [0.15, 0.2) is 5.78 Å². The van der Waals surface area contributed by atoms with Crippen molar-refractivity contribution >= 4 is 44.1 Å². The van der Waals surface area contributed by atoms with E-state index < -0.39 is 11.9 Å². The van der Waals surface area contributed by atoms with Gasteiger partial charge in [-0.2, -0.15) is 0 Å². The number of carbonyl (C=O) groups excluding carboxylic acids is 1. The van der Waals surface area contributed by atoms with Crippen LogP contribution < -0.4 is 10.3 Å². The first-order valence-electron chi connectivity index (χ1n) is 10.2. The average molecular weight is 452 g/mol. The highest BCUT2D eigenvalue weighted by Gasteiger charge is 2.24. The summed E-state index contributed by atoms with van der Waals surface area (Å²) >= 11 is 1.32. The van der Waals surface area contributed by atoms with Crippen LogP contribution >= 0.6 is 11.3 Å². The van der Waals surface area contributed by atoms with Gasteiger partial charge in [0.25, 0.3) is 5.56 Å². The second-order valence-corrected chi connectivity index (χ2v) is 8.41. The maximum Gasteiger partial charge on any atom is 0.307 e. The molecule has 0 bridgehead atoms. The standard InChI is InChI=1S/C23H21N3O5S/c1-2-31-16-8-7-14-12-21(32-20(14)13-16)19(27)11-15(23(29)30)9-10-26-22(28)17-5-3-4-6-18(17)24-25-26/h3-8,12-13,15H,2,9-11H2,1H3,(H,29,30). The molecule has 9 heteroatoms. The van der Waals surface area contributed by atoms with Gasteiger partial charge in [-0.3, -0.25) is 14.4 Å². The van der Waals surface area contributed by atoms with E-state index in [9.17, 15) is 19.5 Å². The average Bonchev–Trinajstić information content (AvgIpc) is 3.21. The van der Waals surface area contributed by atoms with Crippen molar-refractivity contribution in [2.45, 2.75) is 26.3 Å². The number of aromatic nitrogens is 3. The number of carboxylic acid groups (broad SMARTS) is 1. The van der Waals surface area contributed by atoms with Gasteiger partial charge in [-0.25, -0.2) is 4.68 Å². The predicted molar refractivity (Wildman–Crippen MR) is 121 cm³/mol. The molecule has 2 aromatic carbocycles. The van der Waals surface area contributed by atoms with Crippen LogP contribution in [0.2, 0.25) is 0 Å². The van der Waals surface area contributed by atoms with Crippen molar-refractivity contribution in [3.05, 3.63) is 63.8 Å².